The highest BCUT2D eigenvalue weighted by atomic mass is 35.5. The number of ether oxygens (including phenoxy) is 2. The van der Waals surface area contributed by atoms with E-state index in [1.807, 2.05) is 0 Å². The average molecular weight is 437 g/mol. The number of carbonyl (C=O) groups excluding carboxylic acids is 2. The van der Waals surface area contributed by atoms with Crippen molar-refractivity contribution in [2.75, 3.05) is 6.61 Å². The van der Waals surface area contributed by atoms with Gasteiger partial charge in [0.1, 0.15) is 5.75 Å². The predicted molar refractivity (Wildman–Crippen MR) is 116 cm³/mol. The molecule has 0 aliphatic heterocycles. The van der Waals surface area contributed by atoms with Crippen LogP contribution in [0, 0.1) is 0 Å². The molecule has 0 radical (unpaired) electrons. The van der Waals surface area contributed by atoms with Gasteiger partial charge >= 0.3 is 11.9 Å². The van der Waals surface area contributed by atoms with Gasteiger partial charge in [-0.05, 0) is 42.8 Å². The van der Waals surface area contributed by atoms with Crippen molar-refractivity contribution in [3.05, 3.63) is 63.6 Å². The third kappa shape index (κ3) is 8.08. The van der Waals surface area contributed by atoms with Crippen molar-refractivity contribution in [3.8, 4) is 5.75 Å². The maximum atomic E-state index is 12.4. The van der Waals surface area contributed by atoms with E-state index >= 15 is 0 Å². The van der Waals surface area contributed by atoms with Gasteiger partial charge < -0.3 is 9.47 Å². The fraction of sp³-hybridized carbons (Fsp3) is 0.391. The second kappa shape index (κ2) is 12.5. The molecule has 0 aromatic heterocycles. The van der Waals surface area contributed by atoms with Crippen molar-refractivity contribution in [3.63, 3.8) is 0 Å². The first kappa shape index (κ1) is 23.2. The Morgan fingerprint density at radius 3 is 2.17 bits per heavy atom. The highest BCUT2D eigenvalue weighted by molar-refractivity contribution is 6.35. The smallest absolute Gasteiger partial charge is 0.343 e. The summed E-state index contributed by atoms with van der Waals surface area (Å²) in [6.45, 7) is 2.57. The van der Waals surface area contributed by atoms with Crippen LogP contribution in [0.1, 0.15) is 72.6 Å². The van der Waals surface area contributed by atoms with Gasteiger partial charge in [0.05, 0.1) is 22.8 Å². The molecule has 2 aromatic rings. The Morgan fingerprint density at radius 1 is 0.828 bits per heavy atom. The van der Waals surface area contributed by atoms with Crippen LogP contribution in [0.25, 0.3) is 0 Å². The van der Waals surface area contributed by atoms with Crippen LogP contribution >= 0.6 is 23.2 Å². The summed E-state index contributed by atoms with van der Waals surface area (Å²) in [4.78, 5) is 24.6. The lowest BCUT2D eigenvalue weighted by Gasteiger charge is -2.08. The monoisotopic (exact) mass is 436 g/mol. The fourth-order valence-electron chi connectivity index (χ4n) is 2.80. The molecule has 0 aliphatic rings. The zero-order chi connectivity index (χ0) is 21.1. The van der Waals surface area contributed by atoms with E-state index in [9.17, 15) is 9.59 Å². The Kier molecular flexibility index (Phi) is 10.0. The van der Waals surface area contributed by atoms with E-state index in [2.05, 4.69) is 6.92 Å². The van der Waals surface area contributed by atoms with Crippen LogP contribution in [0.15, 0.2) is 42.5 Å². The van der Waals surface area contributed by atoms with Crippen molar-refractivity contribution in [1.29, 1.82) is 0 Å². The van der Waals surface area contributed by atoms with Crippen LogP contribution in [-0.4, -0.2) is 18.5 Å². The summed E-state index contributed by atoms with van der Waals surface area (Å²) in [5.41, 5.74) is 0.547. The molecule has 0 spiro atoms. The number of carbonyl (C=O) groups is 2. The van der Waals surface area contributed by atoms with E-state index in [0.717, 1.165) is 19.3 Å². The van der Waals surface area contributed by atoms with E-state index in [1.54, 1.807) is 24.3 Å². The van der Waals surface area contributed by atoms with E-state index < -0.39 is 11.9 Å². The summed E-state index contributed by atoms with van der Waals surface area (Å²) >= 11 is 11.9. The molecule has 4 nitrogen and oxygen atoms in total. The van der Waals surface area contributed by atoms with Crippen LogP contribution in [0.5, 0.6) is 5.75 Å². The van der Waals surface area contributed by atoms with Crippen LogP contribution in [0.2, 0.25) is 10.0 Å². The second-order valence-corrected chi connectivity index (χ2v) is 7.65. The zero-order valence-electron chi connectivity index (χ0n) is 16.6. The molecule has 0 saturated carbocycles. The number of hydrogen-bond acceptors (Lipinski definition) is 4. The maximum absolute atomic E-state index is 12.4. The molecule has 0 amide bonds. The summed E-state index contributed by atoms with van der Waals surface area (Å²) in [5, 5.41) is 0.677. The molecule has 2 aromatic carbocycles. The summed E-state index contributed by atoms with van der Waals surface area (Å²) < 4.78 is 10.6. The molecule has 0 fully saturated rings. The summed E-state index contributed by atoms with van der Waals surface area (Å²) in [5.74, 6) is -0.862. The molecule has 0 heterocycles. The molecule has 2 rings (SSSR count). The van der Waals surface area contributed by atoms with Crippen LogP contribution in [0.4, 0.5) is 0 Å². The Hall–Kier alpha value is -2.04. The second-order valence-electron chi connectivity index (χ2n) is 6.80. The lowest BCUT2D eigenvalue weighted by Crippen LogP contribution is -2.11. The van der Waals surface area contributed by atoms with Crippen molar-refractivity contribution in [2.45, 2.75) is 51.9 Å². The van der Waals surface area contributed by atoms with Crippen molar-refractivity contribution >= 4 is 35.1 Å². The Bertz CT molecular complexity index is 820. The predicted octanol–water partition coefficient (Wildman–Crippen LogP) is 7.12. The first-order chi connectivity index (χ1) is 14.0. The van der Waals surface area contributed by atoms with Gasteiger partial charge in [-0.15, -0.1) is 0 Å². The number of unbranched alkanes of at least 4 members (excludes halogenated alkanes) is 6. The molecule has 29 heavy (non-hydrogen) atoms. The number of esters is 2. The minimum absolute atomic E-state index is 0.202. The van der Waals surface area contributed by atoms with Crippen LogP contribution in [0.3, 0.4) is 0 Å². The van der Waals surface area contributed by atoms with Gasteiger partial charge in [0, 0.05) is 5.02 Å². The molecule has 0 unspecified atom stereocenters. The Balaban J connectivity index is 1.83. The van der Waals surface area contributed by atoms with E-state index in [-0.39, 0.29) is 16.3 Å². The van der Waals surface area contributed by atoms with Gasteiger partial charge in [0.15, 0.2) is 0 Å². The van der Waals surface area contributed by atoms with Gasteiger partial charge in [-0.3, -0.25) is 0 Å². The lowest BCUT2D eigenvalue weighted by atomic mass is 10.1. The highest BCUT2D eigenvalue weighted by Crippen LogP contribution is 2.28. The molecular formula is C23H26Cl2O4. The first-order valence-corrected chi connectivity index (χ1v) is 10.7. The lowest BCUT2D eigenvalue weighted by molar-refractivity contribution is 0.0497. The van der Waals surface area contributed by atoms with Crippen molar-refractivity contribution < 1.29 is 19.1 Å². The zero-order valence-corrected chi connectivity index (χ0v) is 18.1. The quantitative estimate of drug-likeness (QED) is 0.213. The molecule has 0 N–H and O–H groups in total. The Morgan fingerprint density at radius 2 is 1.48 bits per heavy atom. The molecule has 0 bridgehead atoms. The molecule has 156 valence electrons. The standard InChI is InChI=1S/C23H26Cl2O4/c1-2-3-4-5-6-7-8-14-28-22(26)17-10-9-11-18(15-17)23(27)29-21-13-12-19(24)16-20(21)25/h9-13,15-16H,2-8,14H2,1H3. The largest absolute Gasteiger partial charge is 0.462 e. The SMILES string of the molecule is CCCCCCCCCOC(=O)c1cccc(C(=O)Oc2ccc(Cl)cc2Cl)c1. The van der Waals surface area contributed by atoms with Gasteiger partial charge in [-0.25, -0.2) is 9.59 Å². The van der Waals surface area contributed by atoms with Gasteiger partial charge in [-0.1, -0.05) is 74.7 Å². The van der Waals surface area contributed by atoms with E-state index in [0.29, 0.717) is 17.2 Å². The first-order valence-electron chi connectivity index (χ1n) is 9.95. The van der Waals surface area contributed by atoms with Crippen molar-refractivity contribution in [1.82, 2.24) is 0 Å². The normalized spacial score (nSPS) is 10.6. The molecule has 0 saturated heterocycles. The third-order valence-electron chi connectivity index (χ3n) is 4.41. The maximum Gasteiger partial charge on any atom is 0.343 e. The summed E-state index contributed by atoms with van der Waals surface area (Å²) in [6, 6.07) is 10.8. The van der Waals surface area contributed by atoms with Gasteiger partial charge in [-0.2, -0.15) is 0 Å². The molecule has 0 aliphatic carbocycles. The van der Waals surface area contributed by atoms with Crippen molar-refractivity contribution in [2.24, 2.45) is 0 Å². The topological polar surface area (TPSA) is 52.6 Å². The summed E-state index contributed by atoms with van der Waals surface area (Å²) in [7, 11) is 0. The van der Waals surface area contributed by atoms with Crippen LogP contribution in [-0.2, 0) is 4.74 Å². The minimum Gasteiger partial charge on any atom is -0.462 e. The number of benzene rings is 2. The molecular weight excluding hydrogens is 411 g/mol. The molecule has 6 heteroatoms. The molecule has 0 atom stereocenters. The minimum atomic E-state index is -0.615. The van der Waals surface area contributed by atoms with Gasteiger partial charge in [0.2, 0.25) is 0 Å². The average Bonchev–Trinajstić information content (AvgIpc) is 2.72. The van der Waals surface area contributed by atoms with Gasteiger partial charge in [0.25, 0.3) is 0 Å². The highest BCUT2D eigenvalue weighted by Gasteiger charge is 2.15. The third-order valence-corrected chi connectivity index (χ3v) is 4.94. The van der Waals surface area contributed by atoms with Crippen LogP contribution < -0.4 is 4.74 Å². The van der Waals surface area contributed by atoms with E-state index in [1.165, 1.54) is 43.9 Å². The number of rotatable bonds is 11. The number of halogens is 2. The fourth-order valence-corrected chi connectivity index (χ4v) is 3.24. The summed E-state index contributed by atoms with van der Waals surface area (Å²) in [6.07, 6.45) is 8.05. The Labute approximate surface area is 182 Å². The number of hydrogen-bond donors (Lipinski definition) is 0. The van der Waals surface area contributed by atoms with E-state index in [4.69, 9.17) is 32.7 Å².